The Kier molecular flexibility index (Phi) is 4.72. The zero-order valence-electron chi connectivity index (χ0n) is 11.3. The second-order valence-corrected chi connectivity index (χ2v) is 8.28. The minimum atomic E-state index is -3.04. The van der Waals surface area contributed by atoms with Gasteiger partial charge in [-0.1, -0.05) is 17.8 Å². The molecule has 2 atom stereocenters. The van der Waals surface area contributed by atoms with E-state index in [1.165, 1.54) is 11.8 Å². The number of amides is 1. The molecule has 2 rings (SSSR count). The number of aliphatic imine (C=N–C) groups is 1. The van der Waals surface area contributed by atoms with Gasteiger partial charge in [-0.05, 0) is 0 Å². The molecule has 0 aromatic heterocycles. The Morgan fingerprint density at radius 1 is 1.43 bits per heavy atom. The molecule has 1 N–H and O–H groups in total. The van der Waals surface area contributed by atoms with Gasteiger partial charge in [-0.3, -0.25) is 9.59 Å². The van der Waals surface area contributed by atoms with Gasteiger partial charge in [0.25, 0.3) is 0 Å². The highest BCUT2D eigenvalue weighted by Crippen LogP contribution is 2.37. The molecule has 9 heteroatoms. The lowest BCUT2D eigenvalue weighted by Crippen LogP contribution is -2.37. The van der Waals surface area contributed by atoms with E-state index < -0.39 is 21.7 Å². The summed E-state index contributed by atoms with van der Waals surface area (Å²) in [5, 5.41) is 8.90. The molecule has 1 amide bonds. The summed E-state index contributed by atoms with van der Waals surface area (Å²) in [6.07, 6.45) is 1.21. The first kappa shape index (κ1) is 16.0. The number of nitrogens with zero attached hydrogens (tertiary/aromatic N) is 2. The van der Waals surface area contributed by atoms with Crippen LogP contribution in [0.15, 0.2) is 17.6 Å². The normalized spacial score (nSPS) is 28.6. The maximum absolute atomic E-state index is 11.7. The molecule has 2 aliphatic rings. The highest BCUT2D eigenvalue weighted by Gasteiger charge is 2.48. The minimum Gasteiger partial charge on any atom is -0.481 e. The Bertz CT molecular complexity index is 599. The summed E-state index contributed by atoms with van der Waals surface area (Å²) in [5.41, 5.74) is 0. The molecule has 7 nitrogen and oxygen atoms in total. The lowest BCUT2D eigenvalue weighted by atomic mass is 10.2. The van der Waals surface area contributed by atoms with E-state index >= 15 is 0 Å². The molecule has 0 aromatic carbocycles. The van der Waals surface area contributed by atoms with Crippen molar-refractivity contribution in [2.75, 3.05) is 18.1 Å². The third-order valence-corrected chi connectivity index (χ3v) is 6.52. The van der Waals surface area contributed by atoms with Gasteiger partial charge >= 0.3 is 5.97 Å². The van der Waals surface area contributed by atoms with Crippen molar-refractivity contribution in [3.05, 3.63) is 12.7 Å². The van der Waals surface area contributed by atoms with Crippen LogP contribution in [0.4, 0.5) is 0 Å². The summed E-state index contributed by atoms with van der Waals surface area (Å²) in [5.74, 6) is -1.41. The molecular weight excluding hydrogens is 316 g/mol. The van der Waals surface area contributed by atoms with Crippen LogP contribution in [0, 0.1) is 0 Å². The van der Waals surface area contributed by atoms with Crippen molar-refractivity contribution in [1.82, 2.24) is 4.90 Å². The van der Waals surface area contributed by atoms with Crippen LogP contribution < -0.4 is 0 Å². The van der Waals surface area contributed by atoms with Crippen LogP contribution in [0.25, 0.3) is 0 Å². The van der Waals surface area contributed by atoms with Gasteiger partial charge in [-0.15, -0.1) is 6.58 Å². The number of carboxylic acid groups (broad SMARTS) is 1. The molecule has 21 heavy (non-hydrogen) atoms. The predicted octanol–water partition coefficient (Wildman–Crippen LogP) is 0.134. The van der Waals surface area contributed by atoms with Crippen LogP contribution in [0.5, 0.6) is 0 Å². The average Bonchev–Trinajstić information content (AvgIpc) is 2.81. The molecule has 2 aliphatic heterocycles. The third-order valence-electron chi connectivity index (χ3n) is 3.27. The highest BCUT2D eigenvalue weighted by molar-refractivity contribution is 8.15. The van der Waals surface area contributed by atoms with E-state index in [2.05, 4.69) is 11.6 Å². The number of amidine groups is 1. The fourth-order valence-electron chi connectivity index (χ4n) is 2.36. The number of hydrogen-bond acceptors (Lipinski definition) is 5. The summed E-state index contributed by atoms with van der Waals surface area (Å²) in [6, 6.07) is -0.191. The number of carbonyl (C=O) groups is 2. The van der Waals surface area contributed by atoms with Crippen LogP contribution in [-0.4, -0.2) is 64.8 Å². The van der Waals surface area contributed by atoms with Crippen LogP contribution >= 0.6 is 11.8 Å². The van der Waals surface area contributed by atoms with Gasteiger partial charge in [0.2, 0.25) is 5.91 Å². The van der Waals surface area contributed by atoms with Crippen LogP contribution in [0.1, 0.15) is 12.8 Å². The Labute approximate surface area is 127 Å². The quantitative estimate of drug-likeness (QED) is 0.714. The largest absolute Gasteiger partial charge is 0.481 e. The minimum absolute atomic E-state index is 0.0564. The van der Waals surface area contributed by atoms with Gasteiger partial charge in [-0.2, -0.15) is 4.99 Å². The number of fused-ring (bicyclic) bond motifs is 1. The van der Waals surface area contributed by atoms with Crippen molar-refractivity contribution in [2.24, 2.45) is 4.99 Å². The van der Waals surface area contributed by atoms with E-state index in [9.17, 15) is 18.0 Å². The number of rotatable bonds is 5. The van der Waals surface area contributed by atoms with Crippen LogP contribution in [0.2, 0.25) is 0 Å². The number of aliphatic carboxylic acids is 1. The van der Waals surface area contributed by atoms with E-state index in [4.69, 9.17) is 5.11 Å². The molecule has 0 unspecified atom stereocenters. The smallest absolute Gasteiger partial charge is 0.303 e. The van der Waals surface area contributed by atoms with E-state index in [0.717, 1.165) is 0 Å². The highest BCUT2D eigenvalue weighted by atomic mass is 32.2. The molecule has 2 fully saturated rings. The summed E-state index contributed by atoms with van der Waals surface area (Å²) in [6.45, 7) is 4.04. The molecule has 2 heterocycles. The van der Waals surface area contributed by atoms with Gasteiger partial charge in [0.1, 0.15) is 0 Å². The maximum atomic E-state index is 11.7. The number of carboxylic acids is 1. The van der Waals surface area contributed by atoms with Crippen molar-refractivity contribution in [1.29, 1.82) is 0 Å². The summed E-state index contributed by atoms with van der Waals surface area (Å²) >= 11 is 1.27. The van der Waals surface area contributed by atoms with Crippen molar-refractivity contribution < 1.29 is 23.1 Å². The standard InChI is InChI=1S/C12H16N2O5S2/c1-2-5-14-8-6-21(18,19)7-9(8)20-12(14)13-10(15)3-4-11(16)17/h2,8-9H,1,3-7H2,(H,16,17)/t8-,9+/m0/s1. The first-order valence-corrected chi connectivity index (χ1v) is 9.10. The first-order chi connectivity index (χ1) is 9.82. The summed E-state index contributed by atoms with van der Waals surface area (Å²) in [4.78, 5) is 27.8. The molecular formula is C12H16N2O5S2. The number of carbonyl (C=O) groups excluding carboxylic acids is 1. The number of hydrogen-bond donors (Lipinski definition) is 1. The van der Waals surface area contributed by atoms with Gasteiger partial charge in [0, 0.05) is 18.2 Å². The Hall–Kier alpha value is -1.35. The Morgan fingerprint density at radius 2 is 2.14 bits per heavy atom. The average molecular weight is 332 g/mol. The lowest BCUT2D eigenvalue weighted by Gasteiger charge is -2.22. The zero-order chi connectivity index (χ0) is 15.6. The Balaban J connectivity index is 2.12. The van der Waals surface area contributed by atoms with Crippen LogP contribution in [-0.2, 0) is 19.4 Å². The fraction of sp³-hybridized carbons (Fsp3) is 0.583. The predicted molar refractivity (Wildman–Crippen MR) is 80.0 cm³/mol. The van der Waals surface area contributed by atoms with Gasteiger partial charge in [0.05, 0.1) is 24.0 Å². The van der Waals surface area contributed by atoms with Crippen molar-refractivity contribution in [2.45, 2.75) is 24.1 Å². The van der Waals surface area contributed by atoms with Crippen molar-refractivity contribution >= 4 is 38.6 Å². The first-order valence-electron chi connectivity index (χ1n) is 6.40. The van der Waals surface area contributed by atoms with Crippen molar-refractivity contribution in [3.8, 4) is 0 Å². The van der Waals surface area contributed by atoms with E-state index in [1.807, 2.05) is 0 Å². The van der Waals surface area contributed by atoms with E-state index in [0.29, 0.717) is 11.7 Å². The monoisotopic (exact) mass is 332 g/mol. The molecule has 0 saturated carbocycles. The molecule has 0 radical (unpaired) electrons. The molecule has 0 bridgehead atoms. The molecule has 2 saturated heterocycles. The summed E-state index contributed by atoms with van der Waals surface area (Å²) in [7, 11) is -3.04. The molecule has 0 aliphatic carbocycles. The third kappa shape index (κ3) is 3.85. The van der Waals surface area contributed by atoms with Gasteiger partial charge in [-0.25, -0.2) is 8.42 Å². The molecule has 0 spiro atoms. The SMILES string of the molecule is C=CCN1C(=NC(=O)CCC(=O)O)S[C@@H]2CS(=O)(=O)C[C@@H]21. The fourth-order valence-corrected chi connectivity index (χ4v) is 6.34. The van der Waals surface area contributed by atoms with E-state index in [-0.39, 0.29) is 35.6 Å². The second-order valence-electron chi connectivity index (χ2n) is 4.92. The zero-order valence-corrected chi connectivity index (χ0v) is 12.9. The van der Waals surface area contributed by atoms with Gasteiger partial charge in [0.15, 0.2) is 15.0 Å². The molecule has 0 aromatic rings. The number of thioether (sulfide) groups is 1. The van der Waals surface area contributed by atoms with Gasteiger partial charge < -0.3 is 10.0 Å². The second kappa shape index (κ2) is 6.18. The lowest BCUT2D eigenvalue weighted by molar-refractivity contribution is -0.138. The number of sulfone groups is 1. The molecule has 116 valence electrons. The van der Waals surface area contributed by atoms with Crippen molar-refractivity contribution in [3.63, 3.8) is 0 Å². The summed E-state index contributed by atoms with van der Waals surface area (Å²) < 4.78 is 23.3. The van der Waals surface area contributed by atoms with Crippen LogP contribution in [0.3, 0.4) is 0 Å². The van der Waals surface area contributed by atoms with E-state index in [1.54, 1.807) is 11.0 Å². The topological polar surface area (TPSA) is 104 Å². The maximum Gasteiger partial charge on any atom is 0.303 e. The Morgan fingerprint density at radius 3 is 2.76 bits per heavy atom.